The number of aromatic nitrogens is 1. The maximum atomic E-state index is 14.7. The van der Waals surface area contributed by atoms with Crippen molar-refractivity contribution in [3.63, 3.8) is 0 Å². The summed E-state index contributed by atoms with van der Waals surface area (Å²) in [6.45, 7) is 1.61. The maximum absolute atomic E-state index is 14.7. The second kappa shape index (κ2) is 9.34. The summed E-state index contributed by atoms with van der Waals surface area (Å²) >= 11 is 0. The molecule has 3 aromatic rings. The molecule has 32 heavy (non-hydrogen) atoms. The largest absolute Gasteiger partial charge is 0.505 e. The molecule has 0 radical (unpaired) electrons. The van der Waals surface area contributed by atoms with E-state index in [2.05, 4.69) is 5.32 Å². The summed E-state index contributed by atoms with van der Waals surface area (Å²) < 4.78 is 15.9. The standard InChI is InChI=1S/C23H22FN3O5/c1-14-5-3-4-6-16(14)17-13-15(7-8-18(17)24)27(23(32)25-11-9-20(29)30)21-19(28)10-12-26(2)22(21)31/h3-8,10,12-13,28H,9,11H2,1-2H3,(H,25,32)(H,29,30). The summed E-state index contributed by atoms with van der Waals surface area (Å²) in [5, 5.41) is 21.7. The third-order valence-electron chi connectivity index (χ3n) is 4.91. The molecule has 0 aliphatic rings. The van der Waals surface area contributed by atoms with Gasteiger partial charge in [-0.2, -0.15) is 0 Å². The first-order valence-electron chi connectivity index (χ1n) is 9.74. The van der Waals surface area contributed by atoms with Gasteiger partial charge in [-0.1, -0.05) is 24.3 Å². The van der Waals surface area contributed by atoms with Crippen LogP contribution in [0.4, 0.5) is 20.6 Å². The van der Waals surface area contributed by atoms with Gasteiger partial charge in [0.2, 0.25) is 0 Å². The number of urea groups is 1. The highest BCUT2D eigenvalue weighted by atomic mass is 19.1. The third kappa shape index (κ3) is 4.61. The molecular weight excluding hydrogens is 417 g/mol. The number of carbonyl (C=O) groups excluding carboxylic acids is 1. The van der Waals surface area contributed by atoms with Crippen molar-refractivity contribution in [1.29, 1.82) is 0 Å². The second-order valence-corrected chi connectivity index (χ2v) is 7.16. The summed E-state index contributed by atoms with van der Waals surface area (Å²) in [7, 11) is 1.45. The molecule has 0 atom stereocenters. The fraction of sp³-hybridized carbons (Fsp3) is 0.174. The molecule has 2 amide bonds. The molecule has 3 N–H and O–H groups in total. The Kier molecular flexibility index (Phi) is 6.58. The molecule has 0 spiro atoms. The molecule has 8 nitrogen and oxygen atoms in total. The third-order valence-corrected chi connectivity index (χ3v) is 4.91. The molecular formula is C23H22FN3O5. The molecule has 1 heterocycles. The quantitative estimate of drug-likeness (QED) is 0.544. The van der Waals surface area contributed by atoms with Gasteiger partial charge < -0.3 is 20.1 Å². The highest BCUT2D eigenvalue weighted by molar-refractivity contribution is 6.01. The summed E-state index contributed by atoms with van der Waals surface area (Å²) in [5.41, 5.74) is 0.723. The van der Waals surface area contributed by atoms with Crippen molar-refractivity contribution in [3.8, 4) is 16.9 Å². The zero-order valence-corrected chi connectivity index (χ0v) is 17.5. The lowest BCUT2D eigenvalue weighted by atomic mass is 9.99. The number of amides is 2. The van der Waals surface area contributed by atoms with Gasteiger partial charge in [-0.25, -0.2) is 9.18 Å². The van der Waals surface area contributed by atoms with Crippen molar-refractivity contribution >= 4 is 23.4 Å². The van der Waals surface area contributed by atoms with E-state index in [1.165, 1.54) is 42.1 Å². The number of carboxylic acids is 1. The summed E-state index contributed by atoms with van der Waals surface area (Å²) in [6, 6.07) is 11.4. The summed E-state index contributed by atoms with van der Waals surface area (Å²) in [5.74, 6) is -2.10. The topological polar surface area (TPSA) is 112 Å². The fourth-order valence-electron chi connectivity index (χ4n) is 3.25. The molecule has 3 rings (SSSR count). The van der Waals surface area contributed by atoms with Gasteiger partial charge in [-0.3, -0.25) is 14.5 Å². The van der Waals surface area contributed by atoms with Crippen molar-refractivity contribution in [2.45, 2.75) is 13.3 Å². The Bertz CT molecular complexity index is 1240. The van der Waals surface area contributed by atoms with E-state index in [-0.39, 0.29) is 29.9 Å². The van der Waals surface area contributed by atoms with Crippen LogP contribution in [0, 0.1) is 12.7 Å². The number of hydrogen-bond acceptors (Lipinski definition) is 4. The van der Waals surface area contributed by atoms with Crippen LogP contribution in [0.5, 0.6) is 5.75 Å². The van der Waals surface area contributed by atoms with E-state index in [0.717, 1.165) is 10.5 Å². The number of aryl methyl sites for hydroxylation is 2. The van der Waals surface area contributed by atoms with Gasteiger partial charge in [0.15, 0.2) is 5.69 Å². The Labute approximate surface area is 183 Å². The summed E-state index contributed by atoms with van der Waals surface area (Å²) in [6.07, 6.45) is 1.00. The van der Waals surface area contributed by atoms with E-state index >= 15 is 0 Å². The van der Waals surface area contributed by atoms with Gasteiger partial charge in [0.05, 0.1) is 12.1 Å². The van der Waals surface area contributed by atoms with Gasteiger partial charge in [-0.05, 0) is 42.3 Å². The van der Waals surface area contributed by atoms with E-state index in [9.17, 15) is 23.9 Å². The Balaban J connectivity index is 2.17. The normalized spacial score (nSPS) is 10.6. The number of nitrogens with zero attached hydrogens (tertiary/aromatic N) is 2. The molecule has 0 saturated heterocycles. The van der Waals surface area contributed by atoms with Gasteiger partial charge in [0.25, 0.3) is 5.56 Å². The van der Waals surface area contributed by atoms with Gasteiger partial charge >= 0.3 is 12.0 Å². The SMILES string of the molecule is Cc1ccccc1-c1cc(N(C(=O)NCCC(=O)O)c2c(O)ccn(C)c2=O)ccc1F. The lowest BCUT2D eigenvalue weighted by Gasteiger charge is -2.24. The fourth-order valence-corrected chi connectivity index (χ4v) is 3.25. The predicted octanol–water partition coefficient (Wildman–Crippen LogP) is 3.53. The van der Waals surface area contributed by atoms with Crippen LogP contribution in [0.2, 0.25) is 0 Å². The number of aliphatic carboxylic acids is 1. The van der Waals surface area contributed by atoms with Gasteiger partial charge in [-0.15, -0.1) is 0 Å². The van der Waals surface area contributed by atoms with Crippen LogP contribution in [-0.4, -0.2) is 33.3 Å². The van der Waals surface area contributed by atoms with E-state index in [1.807, 2.05) is 19.1 Å². The molecule has 2 aromatic carbocycles. The zero-order valence-electron chi connectivity index (χ0n) is 17.5. The molecule has 0 unspecified atom stereocenters. The van der Waals surface area contributed by atoms with Crippen LogP contribution in [0.3, 0.4) is 0 Å². The Morgan fingerprint density at radius 1 is 1.12 bits per heavy atom. The average molecular weight is 439 g/mol. The Morgan fingerprint density at radius 2 is 1.84 bits per heavy atom. The van der Waals surface area contributed by atoms with E-state index in [1.54, 1.807) is 12.1 Å². The minimum atomic E-state index is -1.11. The number of benzene rings is 2. The number of nitrogens with one attached hydrogen (secondary N) is 1. The highest BCUT2D eigenvalue weighted by Gasteiger charge is 2.26. The van der Waals surface area contributed by atoms with E-state index in [0.29, 0.717) is 5.56 Å². The first kappa shape index (κ1) is 22.5. The van der Waals surface area contributed by atoms with Crippen LogP contribution in [0.15, 0.2) is 59.5 Å². The number of aromatic hydroxyl groups is 1. The van der Waals surface area contributed by atoms with Gasteiger partial charge in [0.1, 0.15) is 11.6 Å². The molecule has 1 aromatic heterocycles. The number of anilines is 2. The first-order valence-corrected chi connectivity index (χ1v) is 9.74. The Hall–Kier alpha value is -4.14. The number of hydrogen-bond donors (Lipinski definition) is 3. The number of carbonyl (C=O) groups is 2. The van der Waals surface area contributed by atoms with Crippen LogP contribution < -0.4 is 15.8 Å². The van der Waals surface area contributed by atoms with Crippen LogP contribution in [0.1, 0.15) is 12.0 Å². The number of carboxylic acid groups (broad SMARTS) is 1. The van der Waals surface area contributed by atoms with Crippen molar-refractivity contribution in [2.75, 3.05) is 11.4 Å². The van der Waals surface area contributed by atoms with Crippen LogP contribution in [-0.2, 0) is 11.8 Å². The van der Waals surface area contributed by atoms with E-state index in [4.69, 9.17) is 5.11 Å². The number of halogens is 1. The predicted molar refractivity (Wildman–Crippen MR) is 118 cm³/mol. The lowest BCUT2D eigenvalue weighted by Crippen LogP contribution is -2.41. The zero-order chi connectivity index (χ0) is 23.4. The minimum Gasteiger partial charge on any atom is -0.505 e. The second-order valence-electron chi connectivity index (χ2n) is 7.16. The molecule has 9 heteroatoms. The van der Waals surface area contributed by atoms with Crippen molar-refractivity contribution in [3.05, 3.63) is 76.5 Å². The molecule has 0 fully saturated rings. The molecule has 0 aliphatic carbocycles. The lowest BCUT2D eigenvalue weighted by molar-refractivity contribution is -0.136. The highest BCUT2D eigenvalue weighted by Crippen LogP contribution is 2.34. The van der Waals surface area contributed by atoms with Gasteiger partial charge in [0, 0.05) is 25.4 Å². The summed E-state index contributed by atoms with van der Waals surface area (Å²) in [4.78, 5) is 37.5. The minimum absolute atomic E-state index is 0.121. The first-order chi connectivity index (χ1) is 15.2. The van der Waals surface area contributed by atoms with Crippen LogP contribution in [0.25, 0.3) is 11.1 Å². The molecule has 0 saturated carbocycles. The van der Waals surface area contributed by atoms with E-state index < -0.39 is 29.1 Å². The van der Waals surface area contributed by atoms with Crippen LogP contribution >= 0.6 is 0 Å². The number of rotatable bonds is 6. The molecule has 0 bridgehead atoms. The van der Waals surface area contributed by atoms with Crippen molar-refractivity contribution in [2.24, 2.45) is 7.05 Å². The maximum Gasteiger partial charge on any atom is 0.326 e. The monoisotopic (exact) mass is 439 g/mol. The molecule has 0 aliphatic heterocycles. The average Bonchev–Trinajstić information content (AvgIpc) is 2.75. The Morgan fingerprint density at radius 3 is 2.53 bits per heavy atom. The van der Waals surface area contributed by atoms with Crippen molar-refractivity contribution in [1.82, 2.24) is 9.88 Å². The number of pyridine rings is 1. The molecule has 166 valence electrons. The smallest absolute Gasteiger partial charge is 0.326 e. The van der Waals surface area contributed by atoms with Crippen molar-refractivity contribution < 1.29 is 24.2 Å².